The van der Waals surface area contributed by atoms with Crippen LogP contribution in [-0.2, 0) is 0 Å². The topological polar surface area (TPSA) is 29.3 Å². The largest absolute Gasteiger partial charge is 0.397 e. The van der Waals surface area contributed by atoms with Gasteiger partial charge in [-0.3, -0.25) is 0 Å². The van der Waals surface area contributed by atoms with Gasteiger partial charge in [-0.2, -0.15) is 0 Å². The molecule has 2 N–H and O–H groups in total. The van der Waals surface area contributed by atoms with Crippen molar-refractivity contribution >= 4 is 11.4 Å². The number of nitrogen functional groups attached to an aromatic ring is 1. The predicted molar refractivity (Wildman–Crippen MR) is 59.1 cm³/mol. The summed E-state index contributed by atoms with van der Waals surface area (Å²) < 4.78 is 0. The van der Waals surface area contributed by atoms with Crippen LogP contribution < -0.4 is 10.6 Å². The molecule has 2 nitrogen and oxygen atoms in total. The van der Waals surface area contributed by atoms with Gasteiger partial charge in [-0.15, -0.1) is 0 Å². The monoisotopic (exact) mass is 178 g/mol. The standard InChI is InChI=1S/C11H18N2/c1-8(2)13(4)10-7-5-6-9(3)11(10)12/h5-8H,12H2,1-4H3. The molecule has 0 radical (unpaired) electrons. The molecule has 0 bridgehead atoms. The summed E-state index contributed by atoms with van der Waals surface area (Å²) in [5.74, 6) is 0. The van der Waals surface area contributed by atoms with Crippen LogP contribution in [0.5, 0.6) is 0 Å². The highest BCUT2D eigenvalue weighted by Gasteiger charge is 2.08. The van der Waals surface area contributed by atoms with E-state index in [9.17, 15) is 0 Å². The van der Waals surface area contributed by atoms with E-state index < -0.39 is 0 Å². The number of hydrogen-bond acceptors (Lipinski definition) is 2. The molecule has 0 heterocycles. The molecular formula is C11H18N2. The van der Waals surface area contributed by atoms with Crippen molar-refractivity contribution in [1.82, 2.24) is 0 Å². The summed E-state index contributed by atoms with van der Waals surface area (Å²) in [6.07, 6.45) is 0. The van der Waals surface area contributed by atoms with E-state index in [1.165, 1.54) is 0 Å². The van der Waals surface area contributed by atoms with Crippen LogP contribution in [-0.4, -0.2) is 13.1 Å². The third kappa shape index (κ3) is 1.94. The van der Waals surface area contributed by atoms with Gasteiger partial charge in [0.05, 0.1) is 11.4 Å². The first-order valence-corrected chi connectivity index (χ1v) is 4.62. The summed E-state index contributed by atoms with van der Waals surface area (Å²) in [5, 5.41) is 0. The van der Waals surface area contributed by atoms with Crippen molar-refractivity contribution in [1.29, 1.82) is 0 Å². The second-order valence-corrected chi connectivity index (χ2v) is 3.71. The molecule has 0 aliphatic carbocycles. The highest BCUT2D eigenvalue weighted by molar-refractivity contribution is 5.70. The number of para-hydroxylation sites is 1. The smallest absolute Gasteiger partial charge is 0.0602 e. The molecule has 0 atom stereocenters. The third-order valence-electron chi connectivity index (χ3n) is 2.46. The molecule has 0 fully saturated rings. The van der Waals surface area contributed by atoms with Gasteiger partial charge in [0.15, 0.2) is 0 Å². The first-order valence-electron chi connectivity index (χ1n) is 4.62. The predicted octanol–water partition coefficient (Wildman–Crippen LogP) is 2.42. The van der Waals surface area contributed by atoms with Crippen molar-refractivity contribution in [2.45, 2.75) is 26.8 Å². The number of aryl methyl sites for hydroxylation is 1. The first kappa shape index (κ1) is 9.90. The molecule has 0 saturated heterocycles. The highest BCUT2D eigenvalue weighted by atomic mass is 15.1. The average Bonchev–Trinajstić information content (AvgIpc) is 2.08. The van der Waals surface area contributed by atoms with Gasteiger partial charge in [-0.05, 0) is 32.4 Å². The summed E-state index contributed by atoms with van der Waals surface area (Å²) in [6.45, 7) is 6.34. The summed E-state index contributed by atoms with van der Waals surface area (Å²) in [4.78, 5) is 2.18. The Balaban J connectivity index is 3.07. The molecular weight excluding hydrogens is 160 g/mol. The lowest BCUT2D eigenvalue weighted by Crippen LogP contribution is -2.26. The van der Waals surface area contributed by atoms with Crippen molar-refractivity contribution in [3.8, 4) is 0 Å². The summed E-state index contributed by atoms with van der Waals surface area (Å²) >= 11 is 0. The molecule has 0 aromatic heterocycles. The third-order valence-corrected chi connectivity index (χ3v) is 2.46. The van der Waals surface area contributed by atoms with Crippen LogP contribution in [0.25, 0.3) is 0 Å². The zero-order chi connectivity index (χ0) is 10.0. The fourth-order valence-corrected chi connectivity index (χ4v) is 1.25. The van der Waals surface area contributed by atoms with Crippen LogP contribution in [0.3, 0.4) is 0 Å². The Morgan fingerprint density at radius 1 is 1.31 bits per heavy atom. The lowest BCUT2D eigenvalue weighted by atomic mass is 10.1. The fraction of sp³-hybridized carbons (Fsp3) is 0.455. The minimum atomic E-state index is 0.476. The maximum Gasteiger partial charge on any atom is 0.0602 e. The van der Waals surface area contributed by atoms with E-state index in [0.717, 1.165) is 16.9 Å². The first-order chi connectivity index (χ1) is 6.04. The number of nitrogens with zero attached hydrogens (tertiary/aromatic N) is 1. The maximum atomic E-state index is 5.98. The Bertz CT molecular complexity index is 292. The fourth-order valence-electron chi connectivity index (χ4n) is 1.25. The summed E-state index contributed by atoms with van der Waals surface area (Å²) in [5.41, 5.74) is 9.13. The second-order valence-electron chi connectivity index (χ2n) is 3.71. The molecule has 0 unspecified atom stereocenters. The number of hydrogen-bond donors (Lipinski definition) is 1. The Kier molecular flexibility index (Phi) is 2.81. The Labute approximate surface area is 80.4 Å². The van der Waals surface area contributed by atoms with Gasteiger partial charge in [0, 0.05) is 13.1 Å². The summed E-state index contributed by atoms with van der Waals surface area (Å²) in [7, 11) is 2.07. The number of anilines is 2. The normalized spacial score (nSPS) is 10.5. The van der Waals surface area contributed by atoms with E-state index in [1.54, 1.807) is 0 Å². The molecule has 1 rings (SSSR count). The van der Waals surface area contributed by atoms with E-state index in [2.05, 4.69) is 31.9 Å². The van der Waals surface area contributed by atoms with Gasteiger partial charge in [-0.1, -0.05) is 12.1 Å². The van der Waals surface area contributed by atoms with E-state index in [4.69, 9.17) is 5.73 Å². The van der Waals surface area contributed by atoms with Gasteiger partial charge >= 0.3 is 0 Å². The number of nitrogens with two attached hydrogens (primary N) is 1. The Morgan fingerprint density at radius 3 is 2.46 bits per heavy atom. The van der Waals surface area contributed by atoms with E-state index >= 15 is 0 Å². The Morgan fingerprint density at radius 2 is 1.92 bits per heavy atom. The molecule has 0 saturated carbocycles. The molecule has 0 aliphatic heterocycles. The van der Waals surface area contributed by atoms with Crippen LogP contribution >= 0.6 is 0 Å². The zero-order valence-electron chi connectivity index (χ0n) is 8.83. The van der Waals surface area contributed by atoms with E-state index in [1.807, 2.05) is 19.1 Å². The maximum absolute atomic E-state index is 5.98. The van der Waals surface area contributed by atoms with Crippen molar-refractivity contribution in [2.75, 3.05) is 17.7 Å². The van der Waals surface area contributed by atoms with E-state index in [-0.39, 0.29) is 0 Å². The van der Waals surface area contributed by atoms with Crippen LogP contribution in [0.4, 0.5) is 11.4 Å². The van der Waals surface area contributed by atoms with Gasteiger partial charge in [0.2, 0.25) is 0 Å². The van der Waals surface area contributed by atoms with Crippen molar-refractivity contribution in [3.63, 3.8) is 0 Å². The molecule has 0 aliphatic rings. The molecule has 1 aromatic carbocycles. The van der Waals surface area contributed by atoms with Crippen LogP contribution in [0.2, 0.25) is 0 Å². The molecule has 0 spiro atoms. The lowest BCUT2D eigenvalue weighted by Gasteiger charge is -2.25. The van der Waals surface area contributed by atoms with Crippen LogP contribution in [0.1, 0.15) is 19.4 Å². The highest BCUT2D eigenvalue weighted by Crippen LogP contribution is 2.26. The molecule has 2 heteroatoms. The van der Waals surface area contributed by atoms with Crippen LogP contribution in [0.15, 0.2) is 18.2 Å². The summed E-state index contributed by atoms with van der Waals surface area (Å²) in [6, 6.07) is 6.61. The molecule has 72 valence electrons. The minimum absolute atomic E-state index is 0.476. The quantitative estimate of drug-likeness (QED) is 0.705. The number of rotatable bonds is 2. The molecule has 0 amide bonds. The van der Waals surface area contributed by atoms with Gasteiger partial charge < -0.3 is 10.6 Å². The zero-order valence-corrected chi connectivity index (χ0v) is 8.83. The Hall–Kier alpha value is -1.18. The molecule has 13 heavy (non-hydrogen) atoms. The van der Waals surface area contributed by atoms with Crippen LogP contribution in [0, 0.1) is 6.92 Å². The van der Waals surface area contributed by atoms with Gasteiger partial charge in [-0.25, -0.2) is 0 Å². The van der Waals surface area contributed by atoms with E-state index in [0.29, 0.717) is 6.04 Å². The average molecular weight is 178 g/mol. The SMILES string of the molecule is Cc1cccc(N(C)C(C)C)c1N. The minimum Gasteiger partial charge on any atom is -0.397 e. The van der Waals surface area contributed by atoms with Crippen molar-refractivity contribution in [2.24, 2.45) is 0 Å². The molecule has 1 aromatic rings. The second kappa shape index (κ2) is 3.69. The van der Waals surface area contributed by atoms with Crippen molar-refractivity contribution < 1.29 is 0 Å². The lowest BCUT2D eigenvalue weighted by molar-refractivity contribution is 0.755. The van der Waals surface area contributed by atoms with Gasteiger partial charge in [0.1, 0.15) is 0 Å². The van der Waals surface area contributed by atoms with Crippen molar-refractivity contribution in [3.05, 3.63) is 23.8 Å². The number of benzene rings is 1. The van der Waals surface area contributed by atoms with Gasteiger partial charge in [0.25, 0.3) is 0 Å².